The highest BCUT2D eigenvalue weighted by molar-refractivity contribution is 6.33. The number of ether oxygens (including phenoxy) is 1. The van der Waals surface area contributed by atoms with Gasteiger partial charge in [0, 0.05) is 56.6 Å². The van der Waals surface area contributed by atoms with Crippen LogP contribution in [0.5, 0.6) is 0 Å². The number of pyridine rings is 1. The summed E-state index contributed by atoms with van der Waals surface area (Å²) in [5.41, 5.74) is 2.79. The molecule has 0 saturated carbocycles. The number of nitrogens with zero attached hydrogens (tertiary/aromatic N) is 5. The molecule has 0 spiro atoms. The second-order valence-electron chi connectivity index (χ2n) is 10.6. The molecule has 2 unspecified atom stereocenters. The number of anilines is 2. The predicted octanol–water partition coefficient (Wildman–Crippen LogP) is 4.21. The van der Waals surface area contributed by atoms with Crippen molar-refractivity contribution in [1.82, 2.24) is 25.2 Å². The van der Waals surface area contributed by atoms with Gasteiger partial charge in [-0.3, -0.25) is 9.59 Å². The Hall–Kier alpha value is -3.83. The summed E-state index contributed by atoms with van der Waals surface area (Å²) in [4.78, 5) is 42.9. The molecule has 0 bridgehead atoms. The van der Waals surface area contributed by atoms with E-state index in [2.05, 4.69) is 25.6 Å². The lowest BCUT2D eigenvalue weighted by molar-refractivity contribution is -0.125. The fraction of sp³-hybridized carbons (Fsp3) is 0.414. The number of carbonyl (C=O) groups is 2. The Balaban J connectivity index is 1.30. The number of halogens is 2. The number of nitrogens with one attached hydrogen (secondary N) is 2. The Kier molecular flexibility index (Phi) is 8.37. The zero-order chi connectivity index (χ0) is 29.3. The SMILES string of the molecule is CC(NC(=O)C(C)N1Cc2ccc(-c3nc(NC4CCOCC4)ncc3Cl)cc2C1=O)c1cc(N(C)C)ncc1F. The van der Waals surface area contributed by atoms with Crippen LogP contribution in [0.1, 0.15) is 54.2 Å². The zero-order valence-electron chi connectivity index (χ0n) is 23.4. The molecule has 1 fully saturated rings. The van der Waals surface area contributed by atoms with Crippen molar-refractivity contribution in [2.24, 2.45) is 0 Å². The fourth-order valence-corrected chi connectivity index (χ4v) is 5.22. The molecule has 2 aliphatic rings. The monoisotopic (exact) mass is 581 g/mol. The highest BCUT2D eigenvalue weighted by Crippen LogP contribution is 2.32. The van der Waals surface area contributed by atoms with Gasteiger partial charge in [0.15, 0.2) is 0 Å². The maximum Gasteiger partial charge on any atom is 0.255 e. The summed E-state index contributed by atoms with van der Waals surface area (Å²) in [5.74, 6) is -0.126. The lowest BCUT2D eigenvalue weighted by Gasteiger charge is -2.25. The molecule has 0 radical (unpaired) electrons. The standard InChI is InChI=1S/C29H33ClFN7O3/c1-16(21-12-25(37(3)4)32-14-24(21)31)34-27(39)17(2)38-15-19-6-5-18(11-22(19)28(38)40)26-23(30)13-33-29(36-26)35-20-7-9-41-10-8-20/h5-6,11-14,16-17,20H,7-10,15H2,1-4H3,(H,34,39)(H,33,35,36). The highest BCUT2D eigenvalue weighted by atomic mass is 35.5. The Labute approximate surface area is 243 Å². The third-order valence-corrected chi connectivity index (χ3v) is 7.79. The molecular formula is C29H33ClFN7O3. The maximum absolute atomic E-state index is 14.5. The van der Waals surface area contributed by atoms with Gasteiger partial charge in [0.25, 0.3) is 5.91 Å². The molecular weight excluding hydrogens is 549 g/mol. The molecule has 2 amide bonds. The van der Waals surface area contributed by atoms with E-state index in [-0.39, 0.29) is 24.4 Å². The predicted molar refractivity (Wildman–Crippen MR) is 154 cm³/mol. The minimum absolute atomic E-state index is 0.216. The summed E-state index contributed by atoms with van der Waals surface area (Å²) in [6, 6.07) is 5.89. The second kappa shape index (κ2) is 12.0. The molecule has 2 atom stereocenters. The smallest absolute Gasteiger partial charge is 0.255 e. The molecule has 1 saturated heterocycles. The van der Waals surface area contributed by atoms with Gasteiger partial charge in [0.05, 0.1) is 29.2 Å². The largest absolute Gasteiger partial charge is 0.381 e. The minimum atomic E-state index is -0.781. The molecule has 5 rings (SSSR count). The number of fused-ring (bicyclic) bond motifs is 1. The first kappa shape index (κ1) is 28.7. The quantitative estimate of drug-likeness (QED) is 0.407. The van der Waals surface area contributed by atoms with Crippen LogP contribution in [0.2, 0.25) is 5.02 Å². The third-order valence-electron chi connectivity index (χ3n) is 7.51. The molecule has 0 aliphatic carbocycles. The Morgan fingerprint density at radius 3 is 2.66 bits per heavy atom. The maximum atomic E-state index is 14.5. The minimum Gasteiger partial charge on any atom is -0.381 e. The molecule has 2 aromatic heterocycles. The summed E-state index contributed by atoms with van der Waals surface area (Å²) in [7, 11) is 3.61. The topological polar surface area (TPSA) is 113 Å². The molecule has 2 aliphatic heterocycles. The molecule has 2 N–H and O–H groups in total. The summed E-state index contributed by atoms with van der Waals surface area (Å²) < 4.78 is 19.9. The van der Waals surface area contributed by atoms with Crippen molar-refractivity contribution < 1.29 is 18.7 Å². The Morgan fingerprint density at radius 1 is 1.17 bits per heavy atom. The van der Waals surface area contributed by atoms with Crippen molar-refractivity contribution in [3.05, 3.63) is 64.2 Å². The number of hydrogen-bond acceptors (Lipinski definition) is 8. The van der Waals surface area contributed by atoms with Gasteiger partial charge in [0.1, 0.15) is 17.7 Å². The molecule has 41 heavy (non-hydrogen) atoms. The average molecular weight is 582 g/mol. The van der Waals surface area contributed by atoms with Gasteiger partial charge in [-0.05, 0) is 44.4 Å². The lowest BCUT2D eigenvalue weighted by Crippen LogP contribution is -2.46. The van der Waals surface area contributed by atoms with Crippen LogP contribution >= 0.6 is 11.6 Å². The summed E-state index contributed by atoms with van der Waals surface area (Å²) in [6.45, 7) is 5.02. The fourth-order valence-electron chi connectivity index (χ4n) is 5.02. The number of rotatable bonds is 8. The van der Waals surface area contributed by atoms with E-state index >= 15 is 0 Å². The van der Waals surface area contributed by atoms with Crippen molar-refractivity contribution in [1.29, 1.82) is 0 Å². The van der Waals surface area contributed by atoms with Gasteiger partial charge in [-0.2, -0.15) is 0 Å². The number of benzene rings is 1. The Bertz CT molecular complexity index is 1460. The van der Waals surface area contributed by atoms with Crippen LogP contribution in [0.4, 0.5) is 16.2 Å². The zero-order valence-corrected chi connectivity index (χ0v) is 24.2. The molecule has 12 heteroatoms. The van der Waals surface area contributed by atoms with E-state index in [0.717, 1.165) is 24.6 Å². The molecule has 216 valence electrons. The molecule has 1 aromatic carbocycles. The molecule has 4 heterocycles. The van der Waals surface area contributed by atoms with Crippen LogP contribution in [0.15, 0.2) is 36.7 Å². The lowest BCUT2D eigenvalue weighted by atomic mass is 10.0. The van der Waals surface area contributed by atoms with E-state index < -0.39 is 17.9 Å². The van der Waals surface area contributed by atoms with Gasteiger partial charge in [-0.25, -0.2) is 19.3 Å². The van der Waals surface area contributed by atoms with Gasteiger partial charge >= 0.3 is 0 Å². The van der Waals surface area contributed by atoms with Crippen molar-refractivity contribution >= 4 is 35.2 Å². The summed E-state index contributed by atoms with van der Waals surface area (Å²) in [5, 5.41) is 6.55. The van der Waals surface area contributed by atoms with Crippen LogP contribution in [0.25, 0.3) is 11.3 Å². The van der Waals surface area contributed by atoms with Gasteiger partial charge in [-0.15, -0.1) is 0 Å². The Morgan fingerprint density at radius 2 is 1.93 bits per heavy atom. The van der Waals surface area contributed by atoms with E-state index in [4.69, 9.17) is 16.3 Å². The normalized spacial score (nSPS) is 16.7. The van der Waals surface area contributed by atoms with E-state index in [9.17, 15) is 14.0 Å². The summed E-state index contributed by atoms with van der Waals surface area (Å²) in [6.07, 6.45) is 4.42. The van der Waals surface area contributed by atoms with E-state index in [1.54, 1.807) is 51.2 Å². The number of carbonyl (C=O) groups excluding carboxylic acids is 2. The van der Waals surface area contributed by atoms with Gasteiger partial charge in [0.2, 0.25) is 11.9 Å². The van der Waals surface area contributed by atoms with Gasteiger partial charge < -0.3 is 25.2 Å². The van der Waals surface area contributed by atoms with Crippen LogP contribution in [0.3, 0.4) is 0 Å². The first-order valence-electron chi connectivity index (χ1n) is 13.6. The van der Waals surface area contributed by atoms with E-state index in [0.29, 0.717) is 52.4 Å². The van der Waals surface area contributed by atoms with Crippen LogP contribution in [-0.4, -0.2) is 71.1 Å². The third kappa shape index (κ3) is 6.11. The van der Waals surface area contributed by atoms with Crippen LogP contribution in [0, 0.1) is 5.82 Å². The van der Waals surface area contributed by atoms with E-state index in [1.807, 2.05) is 12.1 Å². The van der Waals surface area contributed by atoms with Crippen molar-refractivity contribution in [3.8, 4) is 11.3 Å². The first-order chi connectivity index (χ1) is 19.6. The van der Waals surface area contributed by atoms with E-state index in [1.165, 1.54) is 4.90 Å². The van der Waals surface area contributed by atoms with Crippen molar-refractivity contribution in [2.75, 3.05) is 37.5 Å². The van der Waals surface area contributed by atoms with Crippen LogP contribution < -0.4 is 15.5 Å². The van der Waals surface area contributed by atoms with Crippen LogP contribution in [-0.2, 0) is 16.1 Å². The van der Waals surface area contributed by atoms with Gasteiger partial charge in [-0.1, -0.05) is 23.7 Å². The molecule has 3 aromatic rings. The average Bonchev–Trinajstić information content (AvgIpc) is 3.29. The number of amides is 2. The summed E-state index contributed by atoms with van der Waals surface area (Å²) >= 11 is 6.46. The van der Waals surface area contributed by atoms with Crippen molar-refractivity contribution in [3.63, 3.8) is 0 Å². The highest BCUT2D eigenvalue weighted by Gasteiger charge is 2.35. The number of hydrogen-bond donors (Lipinski definition) is 2. The number of aromatic nitrogens is 3. The van der Waals surface area contributed by atoms with Crippen molar-refractivity contribution in [2.45, 2.75) is 51.4 Å². The molecule has 10 nitrogen and oxygen atoms in total. The first-order valence-corrected chi connectivity index (χ1v) is 13.9. The second-order valence-corrected chi connectivity index (χ2v) is 11.0.